The van der Waals surface area contributed by atoms with Crippen molar-refractivity contribution in [2.75, 3.05) is 0 Å². The monoisotopic (exact) mass is 804 g/mol. The van der Waals surface area contributed by atoms with Gasteiger partial charge >= 0.3 is 12.2 Å². The minimum absolute atomic E-state index is 0.130. The van der Waals surface area contributed by atoms with Gasteiger partial charge in [-0.15, -0.1) is 0 Å². The van der Waals surface area contributed by atoms with E-state index >= 15 is 0 Å². The third kappa shape index (κ3) is 6.38. The second-order valence-corrected chi connectivity index (χ2v) is 17.7. The molecule has 2 aliphatic heterocycles. The fourth-order valence-electron chi connectivity index (χ4n) is 7.63. The van der Waals surface area contributed by atoms with Gasteiger partial charge in [-0.2, -0.15) is 0 Å². The van der Waals surface area contributed by atoms with E-state index in [4.69, 9.17) is 19.4 Å². The number of carbonyl (C=O) groups excluding carboxylic acids is 2. The average Bonchev–Trinajstić information content (AvgIpc) is 3.73. The van der Waals surface area contributed by atoms with Gasteiger partial charge in [0.05, 0.1) is 12.1 Å². The van der Waals surface area contributed by atoms with Gasteiger partial charge in [-0.1, -0.05) is 48.5 Å². The predicted octanol–water partition coefficient (Wildman–Crippen LogP) is 9.80. The van der Waals surface area contributed by atoms with Crippen molar-refractivity contribution in [2.24, 2.45) is 11.8 Å². The first-order valence-corrected chi connectivity index (χ1v) is 19.0. The number of imidazole rings is 2. The third-order valence-electron chi connectivity index (χ3n) is 10.1. The SMILES string of the molecule is CC(C)(C)OC(=O)N1[C@@H]2C[C@@H]2C[C@H]1c1nc(-c2ccc(-c3ccc(-c4nc([C@H]5C[C@@H]6C[C@@H]6N5C(=O)OC(C)(C)C)[nH]c4Br)cc3)cc2)c(Br)[nH]1. The Morgan fingerprint density at radius 3 is 1.30 bits per heavy atom. The summed E-state index contributed by atoms with van der Waals surface area (Å²) in [4.78, 5) is 46.7. The zero-order valence-electron chi connectivity index (χ0n) is 29.1. The second kappa shape index (κ2) is 12.0. The molecule has 4 aromatic rings. The van der Waals surface area contributed by atoms with E-state index in [-0.39, 0.29) is 36.4 Å². The molecule has 6 atom stereocenters. The Balaban J connectivity index is 0.968. The van der Waals surface area contributed by atoms with Crippen molar-refractivity contribution in [3.63, 3.8) is 0 Å². The van der Waals surface area contributed by atoms with Gasteiger partial charge in [-0.3, -0.25) is 9.80 Å². The molecule has 50 heavy (non-hydrogen) atoms. The topological polar surface area (TPSA) is 116 Å². The molecular formula is C38H42Br2N6O4. The van der Waals surface area contributed by atoms with Crippen molar-refractivity contribution in [1.82, 2.24) is 29.7 Å². The fraction of sp³-hybridized carbons (Fsp3) is 0.474. The van der Waals surface area contributed by atoms with Crippen LogP contribution < -0.4 is 0 Å². The van der Waals surface area contributed by atoms with Crippen molar-refractivity contribution in [2.45, 2.75) is 103 Å². The zero-order chi connectivity index (χ0) is 35.3. The van der Waals surface area contributed by atoms with Gasteiger partial charge in [0.2, 0.25) is 0 Å². The van der Waals surface area contributed by atoms with Crippen molar-refractivity contribution < 1.29 is 19.1 Å². The summed E-state index contributed by atoms with van der Waals surface area (Å²) in [5, 5.41) is 0. The van der Waals surface area contributed by atoms with Gasteiger partial charge in [-0.05, 0) is 122 Å². The lowest BCUT2D eigenvalue weighted by molar-refractivity contribution is 0.0164. The Morgan fingerprint density at radius 1 is 0.620 bits per heavy atom. The number of hydrogen-bond donors (Lipinski definition) is 2. The number of carbonyl (C=O) groups is 2. The molecule has 2 aromatic heterocycles. The van der Waals surface area contributed by atoms with E-state index in [2.05, 4.69) is 90.4 Å². The molecule has 12 heteroatoms. The molecule has 0 spiro atoms. The molecule has 10 nitrogen and oxygen atoms in total. The minimum atomic E-state index is -0.548. The number of halogens is 2. The zero-order valence-corrected chi connectivity index (χ0v) is 32.3. The van der Waals surface area contributed by atoms with E-state index in [0.717, 1.165) is 80.2 Å². The van der Waals surface area contributed by atoms with Crippen LogP contribution in [0, 0.1) is 11.8 Å². The number of nitrogens with one attached hydrogen (secondary N) is 2. The summed E-state index contributed by atoms with van der Waals surface area (Å²) < 4.78 is 13.1. The van der Waals surface area contributed by atoms with Crippen molar-refractivity contribution in [1.29, 1.82) is 0 Å². The maximum Gasteiger partial charge on any atom is 0.411 e. The lowest BCUT2D eigenvalue weighted by atomic mass is 10.0. The van der Waals surface area contributed by atoms with Crippen LogP contribution in [0.3, 0.4) is 0 Å². The molecule has 2 N–H and O–H groups in total. The lowest BCUT2D eigenvalue weighted by Gasteiger charge is -2.29. The number of fused-ring (bicyclic) bond motifs is 2. The molecule has 8 rings (SSSR count). The summed E-state index contributed by atoms with van der Waals surface area (Å²) in [6.45, 7) is 11.4. The molecule has 0 unspecified atom stereocenters. The largest absolute Gasteiger partial charge is 0.444 e. The number of ether oxygens (including phenoxy) is 2. The van der Waals surface area contributed by atoms with E-state index < -0.39 is 11.2 Å². The molecule has 262 valence electrons. The number of aromatic nitrogens is 4. The van der Waals surface area contributed by atoms with Crippen LogP contribution >= 0.6 is 31.9 Å². The van der Waals surface area contributed by atoms with E-state index in [1.807, 2.05) is 51.3 Å². The fourth-order valence-corrected chi connectivity index (χ4v) is 8.67. The first kappa shape index (κ1) is 33.5. The predicted molar refractivity (Wildman–Crippen MR) is 197 cm³/mol. The van der Waals surface area contributed by atoms with Crippen LogP contribution in [0.5, 0.6) is 0 Å². The number of rotatable bonds is 5. The maximum absolute atomic E-state index is 13.1. The highest BCUT2D eigenvalue weighted by Crippen LogP contribution is 2.55. The minimum Gasteiger partial charge on any atom is -0.444 e. The quantitative estimate of drug-likeness (QED) is 0.208. The van der Waals surface area contributed by atoms with Crippen molar-refractivity contribution >= 4 is 44.0 Å². The van der Waals surface area contributed by atoms with Gasteiger partial charge in [0.25, 0.3) is 0 Å². The Hall–Kier alpha value is -3.64. The summed E-state index contributed by atoms with van der Waals surface area (Å²) >= 11 is 7.38. The smallest absolute Gasteiger partial charge is 0.411 e. The first-order valence-electron chi connectivity index (χ1n) is 17.4. The Bertz CT molecular complexity index is 1820. The van der Waals surface area contributed by atoms with E-state index in [9.17, 15) is 9.59 Å². The van der Waals surface area contributed by atoms with Gasteiger partial charge in [0, 0.05) is 23.2 Å². The van der Waals surface area contributed by atoms with Crippen LogP contribution in [-0.2, 0) is 9.47 Å². The molecule has 0 bridgehead atoms. The number of aromatic amines is 2. The first-order chi connectivity index (χ1) is 23.6. The molecule has 4 heterocycles. The number of nitrogens with zero attached hydrogens (tertiary/aromatic N) is 4. The van der Waals surface area contributed by atoms with Gasteiger partial charge < -0.3 is 19.4 Å². The van der Waals surface area contributed by atoms with Crippen LogP contribution in [-0.4, -0.2) is 65.2 Å². The highest BCUT2D eigenvalue weighted by molar-refractivity contribution is 9.10. The van der Waals surface area contributed by atoms with Gasteiger partial charge in [0.15, 0.2) is 0 Å². The van der Waals surface area contributed by atoms with Crippen LogP contribution in [0.4, 0.5) is 9.59 Å². The highest BCUT2D eigenvalue weighted by Gasteiger charge is 2.57. The summed E-state index contributed by atoms with van der Waals surface area (Å²) in [7, 11) is 0. The number of hydrogen-bond acceptors (Lipinski definition) is 6. The molecule has 2 aromatic carbocycles. The maximum atomic E-state index is 13.1. The molecule has 2 saturated carbocycles. The second-order valence-electron chi connectivity index (χ2n) is 16.1. The molecule has 0 radical (unpaired) electrons. The van der Waals surface area contributed by atoms with Crippen LogP contribution in [0.1, 0.15) is 91.0 Å². The van der Waals surface area contributed by atoms with Crippen molar-refractivity contribution in [3.05, 3.63) is 69.4 Å². The number of H-pyrrole nitrogens is 2. The van der Waals surface area contributed by atoms with Gasteiger partial charge in [-0.25, -0.2) is 19.6 Å². The van der Waals surface area contributed by atoms with Crippen LogP contribution in [0.25, 0.3) is 33.6 Å². The lowest BCUT2D eigenvalue weighted by Crippen LogP contribution is -2.38. The van der Waals surface area contributed by atoms with Crippen LogP contribution in [0.2, 0.25) is 0 Å². The Labute approximate surface area is 309 Å². The normalized spacial score (nSPS) is 25.4. The van der Waals surface area contributed by atoms with E-state index in [1.165, 1.54) is 0 Å². The number of benzene rings is 2. The molecule has 2 saturated heterocycles. The highest BCUT2D eigenvalue weighted by atomic mass is 79.9. The Morgan fingerprint density at radius 2 is 0.960 bits per heavy atom. The molecule has 4 aliphatic rings. The number of piperidine rings is 2. The number of amides is 2. The van der Waals surface area contributed by atoms with Gasteiger partial charge in [0.1, 0.15) is 43.4 Å². The summed E-state index contributed by atoms with van der Waals surface area (Å²) in [6, 6.07) is 16.9. The third-order valence-corrected chi connectivity index (χ3v) is 11.2. The van der Waals surface area contributed by atoms with E-state index in [1.54, 1.807) is 0 Å². The molecule has 2 aliphatic carbocycles. The molecule has 2 amide bonds. The Kier molecular flexibility index (Phi) is 8.02. The van der Waals surface area contributed by atoms with Crippen molar-refractivity contribution in [3.8, 4) is 33.6 Å². The standard InChI is InChI=1S/C38H42Br2N6O4/c1-37(2,3)49-35(47)45-25-15-23(25)17-27(45)33-41-29(31(39)43-33)21-11-7-19(8-12-21)20-9-13-22(14-10-20)30-32(40)44-34(42-30)28-18-24-16-26(24)46(28)36(48)50-38(4,5)6/h7-14,23-28H,15-18H2,1-6H3,(H,41,43)(H,42,44)/t23-,24+,25-,26+,27+,28-. The van der Waals surface area contributed by atoms with Crippen LogP contribution in [0.15, 0.2) is 57.7 Å². The summed E-state index contributed by atoms with van der Waals surface area (Å²) in [5.74, 6) is 2.57. The molecule has 4 fully saturated rings. The average molecular weight is 807 g/mol. The summed E-state index contributed by atoms with van der Waals surface area (Å²) in [6.07, 6.45) is 3.30. The molecular weight excluding hydrogens is 764 g/mol. The van der Waals surface area contributed by atoms with E-state index in [0.29, 0.717) is 11.8 Å². The number of likely N-dealkylation sites (tertiary alicyclic amines) is 2. The summed E-state index contributed by atoms with van der Waals surface area (Å²) in [5.41, 5.74) is 4.65.